The normalized spacial score (nSPS) is 14.2. The van der Waals surface area contributed by atoms with Crippen molar-refractivity contribution in [3.63, 3.8) is 0 Å². The molecule has 21 heavy (non-hydrogen) atoms. The maximum Gasteiger partial charge on any atom is 0.223 e. The van der Waals surface area contributed by atoms with Crippen LogP contribution in [0.1, 0.15) is 18.4 Å². The number of benzene rings is 1. The van der Waals surface area contributed by atoms with Crippen molar-refractivity contribution in [2.24, 2.45) is 0 Å². The second kappa shape index (κ2) is 6.07. The Labute approximate surface area is 129 Å². The van der Waals surface area contributed by atoms with Crippen molar-refractivity contribution in [2.45, 2.75) is 25.4 Å². The Hall–Kier alpha value is -1.53. The molecule has 0 saturated heterocycles. The Morgan fingerprint density at radius 2 is 2.10 bits per heavy atom. The van der Waals surface area contributed by atoms with E-state index in [1.165, 1.54) is 24.3 Å². The lowest BCUT2D eigenvalue weighted by Crippen LogP contribution is -2.16. The maximum absolute atomic E-state index is 13.3. The first-order valence-corrected chi connectivity index (χ1v) is 7.42. The molecule has 1 saturated carbocycles. The number of ether oxygens (including phenoxy) is 1. The van der Waals surface area contributed by atoms with Gasteiger partial charge in [0, 0.05) is 18.2 Å². The second-order valence-corrected chi connectivity index (χ2v) is 5.81. The van der Waals surface area contributed by atoms with Crippen molar-refractivity contribution in [1.82, 2.24) is 10.3 Å². The average molecular weight is 355 g/mol. The number of nitrogens with zero attached hydrogens (tertiary/aromatic N) is 1. The third-order valence-corrected chi connectivity index (χ3v) is 3.76. The van der Waals surface area contributed by atoms with Gasteiger partial charge in [-0.25, -0.2) is 13.8 Å². The summed E-state index contributed by atoms with van der Waals surface area (Å²) in [5.74, 6) is -0.0154. The van der Waals surface area contributed by atoms with Crippen molar-refractivity contribution in [2.75, 3.05) is 0 Å². The average Bonchev–Trinajstić information content (AvgIpc) is 3.27. The topological polar surface area (TPSA) is 34.1 Å². The quantitative estimate of drug-likeness (QED) is 0.874. The van der Waals surface area contributed by atoms with Crippen molar-refractivity contribution in [3.05, 3.63) is 52.1 Å². The van der Waals surface area contributed by atoms with Crippen molar-refractivity contribution < 1.29 is 13.5 Å². The zero-order valence-corrected chi connectivity index (χ0v) is 12.7. The Balaban J connectivity index is 1.80. The van der Waals surface area contributed by atoms with E-state index < -0.39 is 5.82 Å². The van der Waals surface area contributed by atoms with E-state index in [1.54, 1.807) is 0 Å². The molecule has 0 aliphatic heterocycles. The number of pyridine rings is 1. The van der Waals surface area contributed by atoms with E-state index in [1.807, 2.05) is 0 Å². The summed E-state index contributed by atoms with van der Waals surface area (Å²) in [5, 5.41) is 3.29. The Morgan fingerprint density at radius 1 is 1.29 bits per heavy atom. The first-order valence-electron chi connectivity index (χ1n) is 6.62. The fraction of sp³-hybridized carbons (Fsp3) is 0.267. The number of hydrogen-bond acceptors (Lipinski definition) is 3. The summed E-state index contributed by atoms with van der Waals surface area (Å²) in [4.78, 5) is 3.98. The fourth-order valence-corrected chi connectivity index (χ4v) is 2.24. The van der Waals surface area contributed by atoms with Gasteiger partial charge >= 0.3 is 0 Å². The molecule has 0 atom stereocenters. The fourth-order valence-electron chi connectivity index (χ4n) is 1.88. The molecule has 1 aliphatic rings. The van der Waals surface area contributed by atoms with Crippen LogP contribution in [-0.4, -0.2) is 11.0 Å². The van der Waals surface area contributed by atoms with Crippen LogP contribution in [0.2, 0.25) is 0 Å². The summed E-state index contributed by atoms with van der Waals surface area (Å²) < 4.78 is 32.5. The van der Waals surface area contributed by atoms with Crippen LogP contribution in [-0.2, 0) is 6.54 Å². The molecule has 1 aromatic carbocycles. The van der Waals surface area contributed by atoms with Crippen LogP contribution in [0.15, 0.2) is 34.9 Å². The molecule has 1 aliphatic carbocycles. The molecule has 0 spiro atoms. The molecular weight excluding hydrogens is 342 g/mol. The van der Waals surface area contributed by atoms with Crippen LogP contribution in [0.25, 0.3) is 0 Å². The van der Waals surface area contributed by atoms with Crippen LogP contribution in [0.4, 0.5) is 8.78 Å². The summed E-state index contributed by atoms with van der Waals surface area (Å²) in [7, 11) is 0. The van der Waals surface area contributed by atoms with Gasteiger partial charge in [0.25, 0.3) is 0 Å². The van der Waals surface area contributed by atoms with Crippen molar-refractivity contribution in [3.8, 4) is 11.6 Å². The predicted molar refractivity (Wildman–Crippen MR) is 78.2 cm³/mol. The molecule has 1 fully saturated rings. The van der Waals surface area contributed by atoms with Crippen LogP contribution in [0, 0.1) is 11.6 Å². The van der Waals surface area contributed by atoms with Gasteiger partial charge in [-0.3, -0.25) is 0 Å². The molecule has 1 heterocycles. The van der Waals surface area contributed by atoms with Crippen LogP contribution < -0.4 is 10.1 Å². The largest absolute Gasteiger partial charge is 0.439 e. The van der Waals surface area contributed by atoms with Crippen LogP contribution in [0.3, 0.4) is 0 Å². The zero-order valence-electron chi connectivity index (χ0n) is 11.1. The third-order valence-electron chi connectivity index (χ3n) is 3.16. The minimum atomic E-state index is -0.407. The molecule has 1 aromatic heterocycles. The SMILES string of the molecule is Fc1cnc(Oc2ccc(F)c(Br)c2)c(CNC2CC2)c1. The summed E-state index contributed by atoms with van der Waals surface area (Å²) in [6.07, 6.45) is 3.39. The minimum absolute atomic E-state index is 0.305. The second-order valence-electron chi connectivity index (χ2n) is 4.95. The third kappa shape index (κ3) is 3.77. The number of hydrogen-bond donors (Lipinski definition) is 1. The number of rotatable bonds is 5. The highest BCUT2D eigenvalue weighted by atomic mass is 79.9. The molecule has 2 aromatic rings. The lowest BCUT2D eigenvalue weighted by Gasteiger charge is -2.11. The van der Waals surface area contributed by atoms with Gasteiger partial charge in [-0.2, -0.15) is 0 Å². The molecule has 1 N–H and O–H groups in total. The van der Waals surface area contributed by atoms with E-state index in [-0.39, 0.29) is 5.82 Å². The van der Waals surface area contributed by atoms with E-state index in [2.05, 4.69) is 26.2 Å². The van der Waals surface area contributed by atoms with Gasteiger partial charge in [0.1, 0.15) is 17.4 Å². The van der Waals surface area contributed by atoms with E-state index in [0.29, 0.717) is 34.3 Å². The first kappa shape index (κ1) is 14.4. The highest BCUT2D eigenvalue weighted by molar-refractivity contribution is 9.10. The highest BCUT2D eigenvalue weighted by Gasteiger charge is 2.21. The van der Waals surface area contributed by atoms with E-state index in [9.17, 15) is 8.78 Å². The molecule has 0 unspecified atom stereocenters. The van der Waals surface area contributed by atoms with Gasteiger partial charge in [-0.15, -0.1) is 0 Å². The van der Waals surface area contributed by atoms with Gasteiger partial charge in [-0.05, 0) is 53.0 Å². The highest BCUT2D eigenvalue weighted by Crippen LogP contribution is 2.28. The molecule has 6 heteroatoms. The lowest BCUT2D eigenvalue weighted by atomic mass is 10.2. The smallest absolute Gasteiger partial charge is 0.223 e. The molecular formula is C15H13BrF2N2O. The summed E-state index contributed by atoms with van der Waals surface area (Å²) in [5.41, 5.74) is 0.641. The summed E-state index contributed by atoms with van der Waals surface area (Å²) in [6.45, 7) is 0.493. The molecule has 3 rings (SSSR count). The van der Waals surface area contributed by atoms with Crippen LogP contribution >= 0.6 is 15.9 Å². The maximum atomic E-state index is 13.3. The lowest BCUT2D eigenvalue weighted by molar-refractivity contribution is 0.446. The van der Waals surface area contributed by atoms with Crippen LogP contribution in [0.5, 0.6) is 11.6 Å². The number of nitrogens with one attached hydrogen (secondary N) is 1. The molecule has 0 amide bonds. The predicted octanol–water partition coefficient (Wildman–Crippen LogP) is 4.17. The Morgan fingerprint density at radius 3 is 2.81 bits per heavy atom. The van der Waals surface area contributed by atoms with Crippen molar-refractivity contribution >= 4 is 15.9 Å². The van der Waals surface area contributed by atoms with E-state index in [4.69, 9.17) is 4.74 Å². The van der Waals surface area contributed by atoms with E-state index in [0.717, 1.165) is 19.0 Å². The number of aromatic nitrogens is 1. The minimum Gasteiger partial charge on any atom is -0.439 e. The van der Waals surface area contributed by atoms with Gasteiger partial charge < -0.3 is 10.1 Å². The monoisotopic (exact) mass is 354 g/mol. The first-order chi connectivity index (χ1) is 10.1. The van der Waals surface area contributed by atoms with Gasteiger partial charge in [0.05, 0.1) is 10.7 Å². The number of halogens is 3. The molecule has 0 bridgehead atoms. The Bertz CT molecular complexity index is 662. The summed E-state index contributed by atoms with van der Waals surface area (Å²) in [6, 6.07) is 6.21. The van der Waals surface area contributed by atoms with E-state index >= 15 is 0 Å². The Kier molecular flexibility index (Phi) is 4.17. The zero-order chi connectivity index (χ0) is 14.8. The van der Waals surface area contributed by atoms with Crippen molar-refractivity contribution in [1.29, 1.82) is 0 Å². The molecule has 0 radical (unpaired) electrons. The molecule has 3 nitrogen and oxygen atoms in total. The standard InChI is InChI=1S/C15H13BrF2N2O/c16-13-6-12(3-4-14(13)18)21-15-9(5-10(17)8-20-15)7-19-11-1-2-11/h3-6,8,11,19H,1-2,7H2. The van der Waals surface area contributed by atoms with Gasteiger partial charge in [-0.1, -0.05) is 0 Å². The van der Waals surface area contributed by atoms with Gasteiger partial charge in [0.15, 0.2) is 0 Å². The van der Waals surface area contributed by atoms with Gasteiger partial charge in [0.2, 0.25) is 5.88 Å². The molecule has 110 valence electrons. The summed E-state index contributed by atoms with van der Waals surface area (Å²) >= 11 is 3.10.